The van der Waals surface area contributed by atoms with Crippen molar-refractivity contribution in [2.75, 3.05) is 19.8 Å². The van der Waals surface area contributed by atoms with Crippen molar-refractivity contribution in [1.82, 2.24) is 10.6 Å². The van der Waals surface area contributed by atoms with Gasteiger partial charge in [0.1, 0.15) is 0 Å². The Morgan fingerprint density at radius 1 is 1.28 bits per heavy atom. The Morgan fingerprint density at radius 3 is 2.17 bits per heavy atom. The van der Waals surface area contributed by atoms with Crippen LogP contribution >= 0.6 is 0 Å². The Kier molecular flexibility index (Phi) is 6.82. The topological polar surface area (TPSA) is 125 Å². The third-order valence-corrected chi connectivity index (χ3v) is 2.58. The van der Waals surface area contributed by atoms with E-state index in [2.05, 4.69) is 10.6 Å². The van der Waals surface area contributed by atoms with E-state index in [1.807, 2.05) is 0 Å². The first-order chi connectivity index (χ1) is 8.25. The average Bonchev–Trinajstić information content (AvgIpc) is 2.34. The van der Waals surface area contributed by atoms with Crippen LogP contribution in [0, 0.1) is 5.92 Å². The van der Waals surface area contributed by atoms with Crippen LogP contribution < -0.4 is 16.4 Å². The van der Waals surface area contributed by atoms with Crippen LogP contribution in [-0.2, 0) is 9.59 Å². The summed E-state index contributed by atoms with van der Waals surface area (Å²) in [5, 5.41) is 22.8. The minimum Gasteiger partial charge on any atom is -0.394 e. The fraction of sp³-hybridized carbons (Fsp3) is 0.818. The van der Waals surface area contributed by atoms with Crippen LogP contribution in [0.3, 0.4) is 0 Å². The first-order valence-corrected chi connectivity index (χ1v) is 5.81. The van der Waals surface area contributed by atoms with Crippen molar-refractivity contribution in [2.24, 2.45) is 11.7 Å². The van der Waals surface area contributed by atoms with Crippen LogP contribution in [0.15, 0.2) is 0 Å². The van der Waals surface area contributed by atoms with E-state index in [4.69, 9.17) is 15.9 Å². The Bertz CT molecular complexity index is 290. The molecule has 0 aliphatic heterocycles. The molecule has 0 unspecified atom stereocenters. The zero-order valence-corrected chi connectivity index (χ0v) is 11.1. The second kappa shape index (κ2) is 7.30. The second-order valence-electron chi connectivity index (χ2n) is 4.91. The summed E-state index contributed by atoms with van der Waals surface area (Å²) < 4.78 is 0. The predicted molar refractivity (Wildman–Crippen MR) is 66.5 cm³/mol. The minimum absolute atomic E-state index is 0.0202. The van der Waals surface area contributed by atoms with Gasteiger partial charge >= 0.3 is 0 Å². The smallest absolute Gasteiger partial charge is 0.239 e. The van der Waals surface area contributed by atoms with Crippen LogP contribution in [0.2, 0.25) is 0 Å². The molecule has 2 amide bonds. The number of hydrogen-bond donors (Lipinski definition) is 5. The van der Waals surface area contributed by atoms with Crippen LogP contribution in [-0.4, -0.2) is 53.4 Å². The standard InChI is InChI=1S/C11H23N3O4/c1-7(2)9(12)10(18)13-4-8(17)14-11(3,5-15)6-16/h7,9,15-16H,4-6,12H2,1-3H3,(H,13,18)(H,14,17)/t9-/m0/s1. The molecule has 6 N–H and O–H groups in total. The fourth-order valence-corrected chi connectivity index (χ4v) is 1.10. The van der Waals surface area contributed by atoms with Gasteiger partial charge in [-0.1, -0.05) is 13.8 Å². The van der Waals surface area contributed by atoms with E-state index in [1.54, 1.807) is 13.8 Å². The van der Waals surface area contributed by atoms with Crippen LogP contribution in [0.5, 0.6) is 0 Å². The molecule has 0 fully saturated rings. The van der Waals surface area contributed by atoms with Crippen molar-refractivity contribution in [3.63, 3.8) is 0 Å². The lowest BCUT2D eigenvalue weighted by molar-refractivity contribution is -0.128. The zero-order valence-electron chi connectivity index (χ0n) is 11.1. The number of aliphatic hydroxyl groups excluding tert-OH is 2. The van der Waals surface area contributed by atoms with Gasteiger partial charge in [0.25, 0.3) is 0 Å². The lowest BCUT2D eigenvalue weighted by Gasteiger charge is -2.26. The molecule has 0 spiro atoms. The molecule has 0 aliphatic carbocycles. The summed E-state index contributed by atoms with van der Waals surface area (Å²) in [5.41, 5.74) is 4.51. The Balaban J connectivity index is 4.16. The van der Waals surface area contributed by atoms with Crippen molar-refractivity contribution >= 4 is 11.8 Å². The summed E-state index contributed by atoms with van der Waals surface area (Å²) in [6.07, 6.45) is 0. The summed E-state index contributed by atoms with van der Waals surface area (Å²) in [4.78, 5) is 23.0. The van der Waals surface area contributed by atoms with Crippen molar-refractivity contribution in [3.8, 4) is 0 Å². The van der Waals surface area contributed by atoms with Gasteiger partial charge in [-0.2, -0.15) is 0 Å². The van der Waals surface area contributed by atoms with E-state index in [9.17, 15) is 9.59 Å². The highest BCUT2D eigenvalue weighted by Gasteiger charge is 2.25. The van der Waals surface area contributed by atoms with Crippen molar-refractivity contribution in [2.45, 2.75) is 32.4 Å². The molecule has 0 saturated carbocycles. The Labute approximate surface area is 107 Å². The highest BCUT2D eigenvalue weighted by Crippen LogP contribution is 2.00. The normalized spacial score (nSPS) is 13.3. The van der Waals surface area contributed by atoms with Gasteiger partial charge < -0.3 is 26.6 Å². The SMILES string of the molecule is CC(C)[C@H](N)C(=O)NCC(=O)NC(C)(CO)CO. The van der Waals surface area contributed by atoms with Crippen molar-refractivity contribution in [1.29, 1.82) is 0 Å². The molecule has 0 bridgehead atoms. The zero-order chi connectivity index (χ0) is 14.3. The maximum Gasteiger partial charge on any atom is 0.239 e. The van der Waals surface area contributed by atoms with E-state index < -0.39 is 36.6 Å². The number of hydrogen-bond acceptors (Lipinski definition) is 5. The summed E-state index contributed by atoms with van der Waals surface area (Å²) in [5.74, 6) is -0.923. The number of carbonyl (C=O) groups is 2. The molecule has 0 aromatic heterocycles. The second-order valence-corrected chi connectivity index (χ2v) is 4.91. The Morgan fingerprint density at radius 2 is 1.78 bits per heavy atom. The maximum atomic E-state index is 11.5. The predicted octanol–water partition coefficient (Wildman–Crippen LogP) is -2.05. The van der Waals surface area contributed by atoms with Gasteiger partial charge in [0, 0.05) is 0 Å². The number of carbonyl (C=O) groups excluding carboxylic acids is 2. The largest absolute Gasteiger partial charge is 0.394 e. The molecule has 1 atom stereocenters. The molecule has 0 aliphatic rings. The monoisotopic (exact) mass is 261 g/mol. The molecule has 0 radical (unpaired) electrons. The molecular weight excluding hydrogens is 238 g/mol. The number of amides is 2. The first kappa shape index (κ1) is 16.8. The molecule has 0 rings (SSSR count). The third-order valence-electron chi connectivity index (χ3n) is 2.58. The first-order valence-electron chi connectivity index (χ1n) is 5.81. The van der Waals surface area contributed by atoms with Crippen molar-refractivity contribution < 1.29 is 19.8 Å². The quantitative estimate of drug-likeness (QED) is 0.360. The van der Waals surface area contributed by atoms with E-state index in [-0.39, 0.29) is 12.5 Å². The summed E-state index contributed by atoms with van der Waals surface area (Å²) in [6, 6.07) is -0.667. The summed E-state index contributed by atoms with van der Waals surface area (Å²) in [7, 11) is 0. The van der Waals surface area contributed by atoms with E-state index in [0.717, 1.165) is 0 Å². The van der Waals surface area contributed by atoms with Crippen LogP contribution in [0.1, 0.15) is 20.8 Å². The molecule has 7 heteroatoms. The molecule has 0 heterocycles. The molecule has 18 heavy (non-hydrogen) atoms. The average molecular weight is 261 g/mol. The fourth-order valence-electron chi connectivity index (χ4n) is 1.10. The highest BCUT2D eigenvalue weighted by atomic mass is 16.3. The Hall–Kier alpha value is -1.18. The van der Waals surface area contributed by atoms with E-state index >= 15 is 0 Å². The number of nitrogens with one attached hydrogen (secondary N) is 2. The summed E-state index contributed by atoms with van der Waals surface area (Å²) in [6.45, 7) is 4.07. The maximum absolute atomic E-state index is 11.5. The van der Waals surface area contributed by atoms with E-state index in [1.165, 1.54) is 6.92 Å². The molecule has 7 nitrogen and oxygen atoms in total. The minimum atomic E-state index is -1.10. The highest BCUT2D eigenvalue weighted by molar-refractivity contribution is 5.87. The van der Waals surface area contributed by atoms with Gasteiger partial charge in [-0.25, -0.2) is 0 Å². The van der Waals surface area contributed by atoms with Crippen LogP contribution in [0.25, 0.3) is 0 Å². The van der Waals surface area contributed by atoms with Crippen molar-refractivity contribution in [3.05, 3.63) is 0 Å². The van der Waals surface area contributed by atoms with Gasteiger partial charge in [0.2, 0.25) is 11.8 Å². The van der Waals surface area contributed by atoms with Gasteiger partial charge in [-0.3, -0.25) is 9.59 Å². The third kappa shape index (κ3) is 5.44. The van der Waals surface area contributed by atoms with Crippen LogP contribution in [0.4, 0.5) is 0 Å². The van der Waals surface area contributed by atoms with Gasteiger partial charge in [0.15, 0.2) is 0 Å². The number of rotatable bonds is 7. The number of aliphatic hydroxyl groups is 2. The molecular formula is C11H23N3O4. The lowest BCUT2D eigenvalue weighted by Crippen LogP contribution is -2.55. The molecule has 106 valence electrons. The van der Waals surface area contributed by atoms with Gasteiger partial charge in [-0.05, 0) is 12.8 Å². The number of nitrogens with two attached hydrogens (primary N) is 1. The van der Waals surface area contributed by atoms with Gasteiger partial charge in [0.05, 0.1) is 31.3 Å². The van der Waals surface area contributed by atoms with E-state index in [0.29, 0.717) is 0 Å². The van der Waals surface area contributed by atoms with Gasteiger partial charge in [-0.15, -0.1) is 0 Å². The lowest BCUT2D eigenvalue weighted by atomic mass is 10.0. The molecule has 0 aromatic rings. The summed E-state index contributed by atoms with van der Waals surface area (Å²) >= 11 is 0. The molecule has 0 saturated heterocycles. The molecule has 0 aromatic carbocycles.